The first-order chi connectivity index (χ1) is 16.1. The van der Waals surface area contributed by atoms with Crippen LogP contribution in [-0.2, 0) is 43.6 Å². The Morgan fingerprint density at radius 2 is 1.60 bits per heavy atom. The fraction of sp³-hybridized carbons (Fsp3) is 0.440. The average Bonchev–Trinajstić information content (AvgIpc) is 3.52. The summed E-state index contributed by atoms with van der Waals surface area (Å²) >= 11 is 3.66. The minimum absolute atomic E-state index is 0. The molecule has 0 aliphatic rings. The van der Waals surface area contributed by atoms with E-state index >= 15 is 0 Å². The van der Waals surface area contributed by atoms with Gasteiger partial charge >= 0.3 is 0 Å². The molecule has 3 heterocycles. The SMILES string of the molecule is COCCc1sc[n+](CCCc2cn(CCc3sc[n+](Cc4ccccc4)c3C)nn2)c1C.[Cl-].[Cl-]. The van der Waals surface area contributed by atoms with E-state index in [-0.39, 0.29) is 24.8 Å². The van der Waals surface area contributed by atoms with Crippen molar-refractivity contribution in [3.05, 3.63) is 79.9 Å². The van der Waals surface area contributed by atoms with Crippen LogP contribution in [0.15, 0.2) is 47.5 Å². The molecule has 0 N–H and O–H groups in total. The van der Waals surface area contributed by atoms with Crippen molar-refractivity contribution in [3.63, 3.8) is 0 Å². The van der Waals surface area contributed by atoms with Gasteiger partial charge in [0, 0.05) is 58.5 Å². The molecule has 0 aliphatic heterocycles. The topological polar surface area (TPSA) is 47.7 Å². The minimum Gasteiger partial charge on any atom is -1.00 e. The van der Waals surface area contributed by atoms with Gasteiger partial charge in [-0.2, -0.15) is 9.13 Å². The number of hydrogen-bond donors (Lipinski definition) is 0. The highest BCUT2D eigenvalue weighted by Crippen LogP contribution is 2.14. The van der Waals surface area contributed by atoms with Gasteiger partial charge in [0.25, 0.3) is 0 Å². The molecule has 0 atom stereocenters. The number of aromatic nitrogens is 5. The molecule has 4 aromatic rings. The van der Waals surface area contributed by atoms with Crippen molar-refractivity contribution < 1.29 is 38.7 Å². The van der Waals surface area contributed by atoms with Crippen molar-refractivity contribution in [1.82, 2.24) is 15.0 Å². The number of nitrogens with zero attached hydrogens (tertiary/aromatic N) is 5. The lowest BCUT2D eigenvalue weighted by molar-refractivity contribution is -0.698. The third kappa shape index (κ3) is 8.08. The van der Waals surface area contributed by atoms with Crippen LogP contribution in [0.4, 0.5) is 0 Å². The Balaban J connectivity index is 0.00000216. The van der Waals surface area contributed by atoms with Crippen molar-refractivity contribution >= 4 is 22.7 Å². The van der Waals surface area contributed by atoms with Crippen molar-refractivity contribution in [3.8, 4) is 0 Å². The maximum Gasteiger partial charge on any atom is 0.225 e. The molecule has 6 nitrogen and oxygen atoms in total. The summed E-state index contributed by atoms with van der Waals surface area (Å²) < 4.78 is 11.9. The molecular formula is C25H33Cl2N5OS2. The van der Waals surface area contributed by atoms with Crippen molar-refractivity contribution in [2.75, 3.05) is 13.7 Å². The van der Waals surface area contributed by atoms with Gasteiger partial charge in [0.2, 0.25) is 11.0 Å². The van der Waals surface area contributed by atoms with E-state index in [1.165, 1.54) is 26.7 Å². The molecule has 190 valence electrons. The number of ether oxygens (including phenoxy) is 1. The van der Waals surface area contributed by atoms with E-state index < -0.39 is 0 Å². The Bertz CT molecular complexity index is 1160. The highest BCUT2D eigenvalue weighted by molar-refractivity contribution is 7.09. The quantitative estimate of drug-likeness (QED) is 0.186. The van der Waals surface area contributed by atoms with Crippen LogP contribution < -0.4 is 33.9 Å². The van der Waals surface area contributed by atoms with Gasteiger partial charge in [-0.15, -0.1) is 5.10 Å². The van der Waals surface area contributed by atoms with Gasteiger partial charge in [-0.1, -0.05) is 58.2 Å². The Hall–Kier alpha value is -1.84. The zero-order valence-corrected chi connectivity index (χ0v) is 23.6. The Morgan fingerprint density at radius 3 is 2.34 bits per heavy atom. The monoisotopic (exact) mass is 553 g/mol. The molecular weight excluding hydrogens is 521 g/mol. The molecule has 4 rings (SSSR count). The lowest BCUT2D eigenvalue weighted by Crippen LogP contribution is -3.00. The number of aryl methyl sites for hydroxylation is 4. The van der Waals surface area contributed by atoms with Gasteiger partial charge in [-0.25, -0.2) is 0 Å². The summed E-state index contributed by atoms with van der Waals surface area (Å²) in [6.07, 6.45) is 6.09. The van der Waals surface area contributed by atoms with Gasteiger partial charge < -0.3 is 29.6 Å². The van der Waals surface area contributed by atoms with Crippen LogP contribution in [0, 0.1) is 13.8 Å². The van der Waals surface area contributed by atoms with Gasteiger partial charge in [-0.3, -0.25) is 4.68 Å². The van der Waals surface area contributed by atoms with E-state index in [1.54, 1.807) is 7.11 Å². The lowest BCUT2D eigenvalue weighted by atomic mass is 10.2. The molecule has 35 heavy (non-hydrogen) atoms. The van der Waals surface area contributed by atoms with E-state index in [9.17, 15) is 0 Å². The summed E-state index contributed by atoms with van der Waals surface area (Å²) in [6.45, 7) is 7.99. The maximum absolute atomic E-state index is 5.21. The van der Waals surface area contributed by atoms with Crippen molar-refractivity contribution in [2.24, 2.45) is 0 Å². The maximum atomic E-state index is 5.21. The molecule has 0 amide bonds. The standard InChI is InChI=1S/C25H33N5OS2.2ClH/c1-20-25(12-15-31-3)32-18-28(20)13-7-10-23-17-30(27-26-23)14-11-24-21(2)29(19-33-24)16-22-8-5-4-6-9-22;;/h4-6,8-9,17-19H,7,10-16H2,1-3H3;2*1H/q+2;;/p-2. The molecule has 10 heteroatoms. The molecule has 0 fully saturated rings. The Kier molecular flexibility index (Phi) is 12.3. The van der Waals surface area contributed by atoms with E-state index in [2.05, 4.69) is 80.8 Å². The van der Waals surface area contributed by atoms with E-state index in [0.29, 0.717) is 0 Å². The normalized spacial score (nSPS) is 10.7. The summed E-state index contributed by atoms with van der Waals surface area (Å²) in [5.74, 6) is 0. The number of benzene rings is 1. The van der Waals surface area contributed by atoms with Crippen LogP contribution in [0.3, 0.4) is 0 Å². The summed E-state index contributed by atoms with van der Waals surface area (Å²) in [6, 6.07) is 10.6. The second-order valence-electron chi connectivity index (χ2n) is 8.34. The molecule has 3 aromatic heterocycles. The highest BCUT2D eigenvalue weighted by atomic mass is 35.5. The summed E-state index contributed by atoms with van der Waals surface area (Å²) in [4.78, 5) is 2.83. The largest absolute Gasteiger partial charge is 1.00 e. The van der Waals surface area contributed by atoms with E-state index in [0.717, 1.165) is 57.6 Å². The minimum atomic E-state index is 0. The number of thiazole rings is 2. The average molecular weight is 555 g/mol. The first kappa shape index (κ1) is 29.4. The second kappa shape index (κ2) is 14.7. The molecule has 0 bridgehead atoms. The number of hydrogen-bond acceptors (Lipinski definition) is 5. The molecule has 0 spiro atoms. The first-order valence-corrected chi connectivity index (χ1v) is 13.2. The zero-order valence-electron chi connectivity index (χ0n) is 20.5. The lowest BCUT2D eigenvalue weighted by Gasteiger charge is -1.99. The molecule has 0 radical (unpaired) electrons. The fourth-order valence-corrected chi connectivity index (χ4v) is 5.93. The van der Waals surface area contributed by atoms with E-state index in [1.807, 2.05) is 27.4 Å². The van der Waals surface area contributed by atoms with Gasteiger partial charge in [0.1, 0.15) is 6.54 Å². The predicted octanol–water partition coefficient (Wildman–Crippen LogP) is -2.29. The molecule has 0 saturated heterocycles. The third-order valence-corrected chi connectivity index (χ3v) is 8.32. The van der Waals surface area contributed by atoms with Crippen molar-refractivity contribution in [1.29, 1.82) is 0 Å². The number of halogens is 2. The van der Waals surface area contributed by atoms with Gasteiger partial charge in [0.15, 0.2) is 17.9 Å². The number of methoxy groups -OCH3 is 1. The molecule has 0 aliphatic carbocycles. The molecule has 1 aromatic carbocycles. The molecule has 0 unspecified atom stereocenters. The van der Waals surface area contributed by atoms with Crippen LogP contribution in [0.25, 0.3) is 0 Å². The smallest absolute Gasteiger partial charge is 0.225 e. The van der Waals surface area contributed by atoms with Crippen LogP contribution in [0.1, 0.15) is 38.8 Å². The van der Waals surface area contributed by atoms with Gasteiger partial charge in [0.05, 0.1) is 22.1 Å². The Morgan fingerprint density at radius 1 is 0.914 bits per heavy atom. The van der Waals surface area contributed by atoms with Gasteiger partial charge in [-0.05, 0) is 6.42 Å². The van der Waals surface area contributed by atoms with Crippen molar-refractivity contribution in [2.45, 2.75) is 59.2 Å². The third-order valence-electron chi connectivity index (χ3n) is 6.03. The summed E-state index contributed by atoms with van der Waals surface area (Å²) in [7, 11) is 1.76. The van der Waals surface area contributed by atoms with Crippen LogP contribution in [0.5, 0.6) is 0 Å². The number of rotatable bonds is 12. The Labute approximate surface area is 228 Å². The van der Waals surface area contributed by atoms with E-state index in [4.69, 9.17) is 4.74 Å². The first-order valence-electron chi connectivity index (χ1n) is 11.5. The fourth-order valence-electron chi connectivity index (χ4n) is 3.94. The summed E-state index contributed by atoms with van der Waals surface area (Å²) in [5, 5.41) is 8.76. The van der Waals surface area contributed by atoms with Crippen LogP contribution in [0.2, 0.25) is 0 Å². The van der Waals surface area contributed by atoms with Crippen LogP contribution >= 0.6 is 22.7 Å². The predicted molar refractivity (Wildman–Crippen MR) is 132 cm³/mol. The van der Waals surface area contributed by atoms with Crippen LogP contribution in [-0.4, -0.2) is 28.7 Å². The highest BCUT2D eigenvalue weighted by Gasteiger charge is 2.17. The second-order valence-corrected chi connectivity index (χ2v) is 10.2. The molecule has 0 saturated carbocycles. The summed E-state index contributed by atoms with van der Waals surface area (Å²) in [5.41, 5.74) is 9.57. The zero-order chi connectivity index (χ0) is 23.0.